The van der Waals surface area contributed by atoms with E-state index in [0.29, 0.717) is 0 Å². The first kappa shape index (κ1) is 10.4. The molecule has 7 heteroatoms. The lowest BCUT2D eigenvalue weighted by molar-refractivity contribution is -0.171. The molecule has 1 aliphatic heterocycles. The van der Waals surface area contributed by atoms with Crippen LogP contribution >= 0.6 is 0 Å². The van der Waals surface area contributed by atoms with Crippen molar-refractivity contribution in [1.82, 2.24) is 5.06 Å². The Hall–Kier alpha value is -1.63. The lowest BCUT2D eigenvalue weighted by Gasteiger charge is -1.98. The van der Waals surface area contributed by atoms with Gasteiger partial charge in [-0.3, -0.25) is 14.8 Å². The molecule has 0 aliphatic carbocycles. The Bertz CT molecular complexity index is 192. The Kier molecular flexibility index (Phi) is 3.71. The van der Waals surface area contributed by atoms with Gasteiger partial charge in [0.1, 0.15) is 0 Å². The van der Waals surface area contributed by atoms with Crippen LogP contribution in [0.25, 0.3) is 0 Å². The van der Waals surface area contributed by atoms with E-state index in [1.807, 2.05) is 0 Å². The highest BCUT2D eigenvalue weighted by Gasteiger charge is 2.26. The molecule has 0 bridgehead atoms. The van der Waals surface area contributed by atoms with Gasteiger partial charge < -0.3 is 10.2 Å². The number of carbonyl (C=O) groups excluding carboxylic acids is 2. The third kappa shape index (κ3) is 3.52. The molecule has 0 aromatic rings. The summed E-state index contributed by atoms with van der Waals surface area (Å²) in [7, 11) is 0. The molecule has 0 aromatic heterocycles. The zero-order valence-corrected chi connectivity index (χ0v) is 5.93. The van der Waals surface area contributed by atoms with E-state index in [0.717, 1.165) is 0 Å². The molecular formula is C5H7NO6. The van der Waals surface area contributed by atoms with E-state index in [4.69, 9.17) is 20.2 Å². The summed E-state index contributed by atoms with van der Waals surface area (Å²) in [6, 6.07) is 0. The molecule has 1 heterocycles. The highest BCUT2D eigenvalue weighted by atomic mass is 16.6. The van der Waals surface area contributed by atoms with Crippen molar-refractivity contribution < 1.29 is 29.8 Å². The molecule has 3 N–H and O–H groups in total. The summed E-state index contributed by atoms with van der Waals surface area (Å²) >= 11 is 0. The van der Waals surface area contributed by atoms with Gasteiger partial charge in [-0.05, 0) is 0 Å². The van der Waals surface area contributed by atoms with Crippen LogP contribution in [0.1, 0.15) is 12.8 Å². The minimum Gasteiger partial charge on any atom is -0.450 e. The molecule has 1 aliphatic rings. The SMILES string of the molecule is O=C(O)O.O=C1CCC(=O)N1O. The Morgan fingerprint density at radius 3 is 1.50 bits per heavy atom. The number of carbonyl (C=O) groups is 3. The predicted molar refractivity (Wildman–Crippen MR) is 33.5 cm³/mol. The van der Waals surface area contributed by atoms with Crippen molar-refractivity contribution in [2.45, 2.75) is 12.8 Å². The van der Waals surface area contributed by atoms with Crippen molar-refractivity contribution in [3.63, 3.8) is 0 Å². The highest BCUT2D eigenvalue weighted by Crippen LogP contribution is 2.06. The molecule has 7 nitrogen and oxygen atoms in total. The summed E-state index contributed by atoms with van der Waals surface area (Å²) < 4.78 is 0. The van der Waals surface area contributed by atoms with E-state index in [1.165, 1.54) is 0 Å². The monoisotopic (exact) mass is 177 g/mol. The fourth-order valence-electron chi connectivity index (χ4n) is 0.565. The van der Waals surface area contributed by atoms with Gasteiger partial charge in [-0.15, -0.1) is 0 Å². The molecule has 0 saturated carbocycles. The van der Waals surface area contributed by atoms with Gasteiger partial charge in [0.25, 0.3) is 11.8 Å². The fraction of sp³-hybridized carbons (Fsp3) is 0.400. The molecule has 1 saturated heterocycles. The molecule has 0 radical (unpaired) electrons. The summed E-state index contributed by atoms with van der Waals surface area (Å²) in [5.41, 5.74) is 0. The lowest BCUT2D eigenvalue weighted by atomic mass is 10.4. The van der Waals surface area contributed by atoms with Crippen LogP contribution in [0.2, 0.25) is 0 Å². The van der Waals surface area contributed by atoms with Crippen LogP contribution in [0.15, 0.2) is 0 Å². The summed E-state index contributed by atoms with van der Waals surface area (Å²) in [6.07, 6.45) is -1.54. The average molecular weight is 177 g/mol. The zero-order valence-electron chi connectivity index (χ0n) is 5.93. The van der Waals surface area contributed by atoms with Crippen LogP contribution in [0.4, 0.5) is 4.79 Å². The smallest absolute Gasteiger partial charge is 0.450 e. The highest BCUT2D eigenvalue weighted by molar-refractivity contribution is 6.00. The third-order valence-electron chi connectivity index (χ3n) is 1.03. The molecule has 0 spiro atoms. The van der Waals surface area contributed by atoms with Crippen molar-refractivity contribution in [3.05, 3.63) is 0 Å². The minimum absolute atomic E-state index is 0.148. The zero-order chi connectivity index (χ0) is 9.72. The van der Waals surface area contributed by atoms with Crippen molar-refractivity contribution >= 4 is 18.0 Å². The molecule has 0 unspecified atom stereocenters. The maximum absolute atomic E-state index is 10.2. The van der Waals surface area contributed by atoms with E-state index >= 15 is 0 Å². The van der Waals surface area contributed by atoms with Crippen LogP contribution in [0.3, 0.4) is 0 Å². The summed E-state index contributed by atoms with van der Waals surface area (Å²) in [6.45, 7) is 0. The van der Waals surface area contributed by atoms with Gasteiger partial charge in [-0.25, -0.2) is 4.79 Å². The van der Waals surface area contributed by atoms with Gasteiger partial charge in [0.05, 0.1) is 0 Å². The van der Waals surface area contributed by atoms with Gasteiger partial charge in [0.2, 0.25) is 0 Å². The maximum Gasteiger partial charge on any atom is 0.503 e. The molecule has 0 atom stereocenters. The standard InChI is InChI=1S/C4H5NO3.CH2O3/c6-3-1-2-4(7)5(3)8;2-1(3)4/h8H,1-2H2;(H2,2,3,4). The number of imide groups is 1. The van der Waals surface area contributed by atoms with Crippen LogP contribution in [-0.2, 0) is 9.59 Å². The quantitative estimate of drug-likeness (QED) is 0.347. The number of nitrogens with zero attached hydrogens (tertiary/aromatic N) is 1. The third-order valence-corrected chi connectivity index (χ3v) is 1.03. The molecule has 12 heavy (non-hydrogen) atoms. The van der Waals surface area contributed by atoms with E-state index in [1.54, 1.807) is 0 Å². The van der Waals surface area contributed by atoms with Gasteiger partial charge in [0.15, 0.2) is 0 Å². The van der Waals surface area contributed by atoms with Gasteiger partial charge in [-0.2, -0.15) is 5.06 Å². The first-order chi connectivity index (χ1) is 5.45. The van der Waals surface area contributed by atoms with Gasteiger partial charge in [-0.1, -0.05) is 0 Å². The number of hydrogen-bond donors (Lipinski definition) is 3. The Morgan fingerprint density at radius 1 is 1.17 bits per heavy atom. The second-order valence-corrected chi connectivity index (χ2v) is 1.88. The number of hydroxylamine groups is 2. The fourth-order valence-corrected chi connectivity index (χ4v) is 0.565. The van der Waals surface area contributed by atoms with Crippen molar-refractivity contribution in [3.8, 4) is 0 Å². The average Bonchev–Trinajstić information content (AvgIpc) is 2.19. The first-order valence-corrected chi connectivity index (χ1v) is 2.91. The topological polar surface area (TPSA) is 115 Å². The van der Waals surface area contributed by atoms with Crippen molar-refractivity contribution in [1.29, 1.82) is 0 Å². The number of carboxylic acid groups (broad SMARTS) is 2. The summed E-state index contributed by atoms with van der Waals surface area (Å²) in [5, 5.41) is 22.5. The Labute approximate surface area is 66.8 Å². The number of amides is 2. The van der Waals surface area contributed by atoms with E-state index in [-0.39, 0.29) is 17.9 Å². The minimum atomic E-state index is -1.83. The molecule has 1 fully saturated rings. The van der Waals surface area contributed by atoms with Gasteiger partial charge >= 0.3 is 6.16 Å². The van der Waals surface area contributed by atoms with E-state index < -0.39 is 18.0 Å². The predicted octanol–water partition coefficient (Wildman–Crippen LogP) is -0.253. The summed E-state index contributed by atoms with van der Waals surface area (Å²) in [4.78, 5) is 29.0. The Balaban J connectivity index is 0.000000261. The van der Waals surface area contributed by atoms with E-state index in [9.17, 15) is 9.59 Å². The van der Waals surface area contributed by atoms with Crippen LogP contribution in [0, 0.1) is 0 Å². The number of rotatable bonds is 0. The van der Waals surface area contributed by atoms with Crippen LogP contribution in [-0.4, -0.2) is 38.5 Å². The molecule has 0 aromatic carbocycles. The van der Waals surface area contributed by atoms with Gasteiger partial charge in [0, 0.05) is 12.8 Å². The maximum atomic E-state index is 10.2. The lowest BCUT2D eigenvalue weighted by Crippen LogP contribution is -2.24. The summed E-state index contributed by atoms with van der Waals surface area (Å²) in [5.74, 6) is -1.01. The molecule has 2 amide bonds. The van der Waals surface area contributed by atoms with Crippen LogP contribution < -0.4 is 0 Å². The second kappa shape index (κ2) is 4.29. The molecular weight excluding hydrogens is 170 g/mol. The van der Waals surface area contributed by atoms with E-state index in [2.05, 4.69) is 0 Å². The largest absolute Gasteiger partial charge is 0.503 e. The van der Waals surface area contributed by atoms with Crippen LogP contribution in [0.5, 0.6) is 0 Å². The first-order valence-electron chi connectivity index (χ1n) is 2.91. The van der Waals surface area contributed by atoms with Crippen molar-refractivity contribution in [2.24, 2.45) is 0 Å². The molecule has 68 valence electrons. The normalized spacial score (nSPS) is 15.6. The number of hydrogen-bond acceptors (Lipinski definition) is 4. The molecule has 1 rings (SSSR count). The second-order valence-electron chi connectivity index (χ2n) is 1.88. The Morgan fingerprint density at radius 2 is 1.42 bits per heavy atom. The van der Waals surface area contributed by atoms with Crippen molar-refractivity contribution in [2.75, 3.05) is 0 Å².